The summed E-state index contributed by atoms with van der Waals surface area (Å²) < 4.78 is 4.87. The number of fused-ring (bicyclic) bond motifs is 6. The van der Waals surface area contributed by atoms with E-state index in [1.54, 1.807) is 0 Å². The van der Waals surface area contributed by atoms with E-state index in [-0.39, 0.29) is 0 Å². The predicted octanol–water partition coefficient (Wildman–Crippen LogP) is 17.0. The van der Waals surface area contributed by atoms with Crippen molar-refractivity contribution in [2.24, 2.45) is 9.98 Å². The monoisotopic (exact) mass is 945 g/mol. The van der Waals surface area contributed by atoms with Gasteiger partial charge in [-0.1, -0.05) is 224 Å². The van der Waals surface area contributed by atoms with E-state index in [9.17, 15) is 0 Å². The second-order valence-electron chi connectivity index (χ2n) is 18.9. The summed E-state index contributed by atoms with van der Waals surface area (Å²) in [5.41, 5.74) is 18.9. The average molecular weight is 946 g/mol. The van der Waals surface area contributed by atoms with Crippen LogP contribution in [0.4, 0.5) is 0 Å². The van der Waals surface area contributed by atoms with Gasteiger partial charge in [0, 0.05) is 43.9 Å². The zero-order chi connectivity index (χ0) is 49.0. The first-order valence-corrected chi connectivity index (χ1v) is 25.3. The summed E-state index contributed by atoms with van der Waals surface area (Å²) in [6, 6.07) is 97.8. The first kappa shape index (κ1) is 43.0. The number of hydrogen-bond donors (Lipinski definition) is 1. The number of aromatic nitrogens is 2. The van der Waals surface area contributed by atoms with Gasteiger partial charge in [0.05, 0.1) is 27.8 Å². The maximum atomic E-state index is 5.59. The van der Waals surface area contributed by atoms with Crippen LogP contribution in [0.3, 0.4) is 0 Å². The van der Waals surface area contributed by atoms with E-state index in [1.807, 2.05) is 0 Å². The van der Waals surface area contributed by atoms with Crippen molar-refractivity contribution < 1.29 is 0 Å². The second kappa shape index (κ2) is 18.1. The van der Waals surface area contributed by atoms with E-state index in [2.05, 4.69) is 287 Å². The molecule has 0 radical (unpaired) electrons. The summed E-state index contributed by atoms with van der Waals surface area (Å²) in [5, 5.41) is 8.73. The van der Waals surface area contributed by atoms with Gasteiger partial charge in [-0.25, -0.2) is 9.98 Å². The number of nitrogens with one attached hydrogen (secondary N) is 1. The van der Waals surface area contributed by atoms with Crippen LogP contribution in [0.1, 0.15) is 22.9 Å². The molecule has 0 spiro atoms. The number of amidine groups is 2. The Kier molecular flexibility index (Phi) is 10.5. The Morgan fingerprint density at radius 1 is 0.324 bits per heavy atom. The molecule has 1 unspecified atom stereocenters. The molecular weight excluding hydrogens is 899 g/mol. The summed E-state index contributed by atoms with van der Waals surface area (Å²) in [7, 11) is 0. The molecule has 0 bridgehead atoms. The molecule has 0 amide bonds. The van der Waals surface area contributed by atoms with E-state index in [4.69, 9.17) is 9.98 Å². The summed E-state index contributed by atoms with van der Waals surface area (Å²) >= 11 is 0. The maximum absolute atomic E-state index is 5.59. The van der Waals surface area contributed by atoms with Crippen molar-refractivity contribution in [1.29, 1.82) is 0 Å². The fourth-order valence-electron chi connectivity index (χ4n) is 11.3. The minimum absolute atomic E-state index is 0.510. The largest absolute Gasteiger partial charge is 0.344 e. The highest BCUT2D eigenvalue weighted by Gasteiger charge is 2.28. The molecule has 5 heteroatoms. The van der Waals surface area contributed by atoms with Gasteiger partial charge < -0.3 is 14.5 Å². The molecular formula is C69H47N5. The van der Waals surface area contributed by atoms with E-state index in [0.29, 0.717) is 5.84 Å². The molecule has 1 atom stereocenters. The lowest BCUT2D eigenvalue weighted by Crippen LogP contribution is -2.34. The molecule has 5 nitrogen and oxygen atoms in total. The van der Waals surface area contributed by atoms with Crippen LogP contribution in [-0.2, 0) is 0 Å². The number of rotatable bonds is 9. The van der Waals surface area contributed by atoms with Crippen LogP contribution in [0, 0.1) is 0 Å². The molecule has 0 aliphatic carbocycles. The molecule has 14 rings (SSSR count). The molecule has 1 aliphatic rings. The van der Waals surface area contributed by atoms with Crippen molar-refractivity contribution >= 4 is 55.3 Å². The van der Waals surface area contributed by atoms with Gasteiger partial charge in [-0.3, -0.25) is 0 Å². The van der Waals surface area contributed by atoms with Gasteiger partial charge in [0.15, 0.2) is 5.84 Å². The Labute approximate surface area is 429 Å². The SMILES string of the molecule is c1ccc(-c2cccc(C3=NC(c4ccccc4-n4c5cc(-c6ccccc6)ccc5c5c(-c6cccc7c6c6ccccc6n7-c6ccccc6)cccc54)NC(c4ccccc4-c4ccccc4)=N3)c2)cc1. The Hall–Kier alpha value is -9.84. The molecule has 0 saturated heterocycles. The molecule has 2 aromatic heterocycles. The van der Waals surface area contributed by atoms with Crippen molar-refractivity contribution in [2.75, 3.05) is 0 Å². The lowest BCUT2D eigenvalue weighted by Gasteiger charge is -2.27. The minimum atomic E-state index is -0.510. The first-order valence-electron chi connectivity index (χ1n) is 25.3. The van der Waals surface area contributed by atoms with Crippen LogP contribution in [0.5, 0.6) is 0 Å². The Balaban J connectivity index is 1.00. The van der Waals surface area contributed by atoms with Crippen LogP contribution < -0.4 is 5.32 Å². The molecule has 0 saturated carbocycles. The number of para-hydroxylation sites is 3. The van der Waals surface area contributed by atoms with Crippen LogP contribution >= 0.6 is 0 Å². The van der Waals surface area contributed by atoms with E-state index >= 15 is 0 Å². The predicted molar refractivity (Wildman–Crippen MR) is 309 cm³/mol. The van der Waals surface area contributed by atoms with Crippen LogP contribution in [0.15, 0.2) is 283 Å². The third-order valence-electron chi connectivity index (χ3n) is 14.6. The first-order chi connectivity index (χ1) is 36.7. The van der Waals surface area contributed by atoms with Gasteiger partial charge in [-0.2, -0.15) is 0 Å². The van der Waals surface area contributed by atoms with Gasteiger partial charge in [0.25, 0.3) is 0 Å². The van der Waals surface area contributed by atoms with Crippen molar-refractivity contribution in [1.82, 2.24) is 14.5 Å². The Bertz CT molecular complexity index is 4320. The third-order valence-corrected chi connectivity index (χ3v) is 14.6. The van der Waals surface area contributed by atoms with Crippen LogP contribution in [-0.4, -0.2) is 20.8 Å². The molecule has 0 fully saturated rings. The summed E-state index contributed by atoms with van der Waals surface area (Å²) in [5.74, 6) is 1.43. The van der Waals surface area contributed by atoms with Crippen LogP contribution in [0.2, 0.25) is 0 Å². The lowest BCUT2D eigenvalue weighted by atomic mass is 9.95. The quantitative estimate of drug-likeness (QED) is 0.154. The molecule has 3 heterocycles. The van der Waals surface area contributed by atoms with E-state index in [0.717, 1.165) is 78.3 Å². The van der Waals surface area contributed by atoms with Gasteiger partial charge in [0.1, 0.15) is 12.0 Å². The highest BCUT2D eigenvalue weighted by Crippen LogP contribution is 2.45. The number of aliphatic imine (C=N–C) groups is 2. The lowest BCUT2D eigenvalue weighted by molar-refractivity contribution is 0.671. The van der Waals surface area contributed by atoms with Crippen LogP contribution in [0.25, 0.3) is 99.5 Å². The zero-order valence-electron chi connectivity index (χ0n) is 40.3. The molecule has 13 aromatic rings. The topological polar surface area (TPSA) is 46.6 Å². The van der Waals surface area contributed by atoms with Gasteiger partial charge >= 0.3 is 0 Å². The van der Waals surface area contributed by atoms with Crippen molar-refractivity contribution in [3.8, 4) is 55.9 Å². The number of nitrogens with zero attached hydrogens (tertiary/aromatic N) is 4. The van der Waals surface area contributed by atoms with Gasteiger partial charge in [0.2, 0.25) is 0 Å². The zero-order valence-corrected chi connectivity index (χ0v) is 40.3. The molecule has 74 heavy (non-hydrogen) atoms. The highest BCUT2D eigenvalue weighted by molar-refractivity contribution is 6.23. The van der Waals surface area contributed by atoms with E-state index < -0.39 is 6.17 Å². The third kappa shape index (κ3) is 7.33. The minimum Gasteiger partial charge on any atom is -0.344 e. The smallest absolute Gasteiger partial charge is 0.159 e. The average Bonchev–Trinajstić information content (AvgIpc) is 4.05. The Morgan fingerprint density at radius 2 is 0.824 bits per heavy atom. The molecule has 348 valence electrons. The standard InChI is InChI=1S/C69H47N5/c1-5-22-46(23-6-1)49-28-19-29-51(44-49)67-70-68(56-33-14-13-32-53(56)48-26-9-3-10-27-48)72-69(71-67)59-35-16-18-39-61(59)74-63-41-21-37-55(66(63)58-43-42-50(45-64(58)74)47-24-7-2-8-25-47)54-36-20-40-62-65(54)57-34-15-17-38-60(57)73(62)52-30-11-4-12-31-52/h1-45,69H,(H,70,71,72). The summed E-state index contributed by atoms with van der Waals surface area (Å²) in [6.45, 7) is 0. The van der Waals surface area contributed by atoms with E-state index in [1.165, 1.54) is 43.7 Å². The van der Waals surface area contributed by atoms with Crippen molar-refractivity contribution in [3.63, 3.8) is 0 Å². The van der Waals surface area contributed by atoms with Gasteiger partial charge in [-0.15, -0.1) is 0 Å². The van der Waals surface area contributed by atoms with Crippen molar-refractivity contribution in [3.05, 3.63) is 290 Å². The number of hydrogen-bond acceptors (Lipinski definition) is 3. The second-order valence-corrected chi connectivity index (χ2v) is 18.9. The Morgan fingerprint density at radius 3 is 1.54 bits per heavy atom. The molecule has 1 aliphatic heterocycles. The normalized spacial score (nSPS) is 13.5. The molecule has 11 aromatic carbocycles. The fourth-order valence-corrected chi connectivity index (χ4v) is 11.3. The molecule has 1 N–H and O–H groups in total. The highest BCUT2D eigenvalue weighted by atomic mass is 15.2. The number of benzene rings is 11. The summed E-state index contributed by atoms with van der Waals surface area (Å²) in [4.78, 5) is 11.0. The fraction of sp³-hybridized carbons (Fsp3) is 0.0145. The summed E-state index contributed by atoms with van der Waals surface area (Å²) in [6.07, 6.45) is -0.510. The van der Waals surface area contributed by atoms with Crippen molar-refractivity contribution in [2.45, 2.75) is 6.17 Å². The van der Waals surface area contributed by atoms with Gasteiger partial charge in [-0.05, 0) is 93.0 Å². The maximum Gasteiger partial charge on any atom is 0.159 e.